The number of fused-ring (bicyclic) bond motifs is 5. The summed E-state index contributed by atoms with van der Waals surface area (Å²) in [7, 11) is 0. The maximum absolute atomic E-state index is 3.61. The molecular formula is C23H36. The lowest BCUT2D eigenvalue weighted by atomic mass is 9.43. The predicted molar refractivity (Wildman–Crippen MR) is 97.8 cm³/mol. The predicted octanol–water partition coefficient (Wildman–Crippen LogP) is 6.30. The fourth-order valence-electron chi connectivity index (χ4n) is 8.22. The van der Waals surface area contributed by atoms with Crippen LogP contribution in [0.25, 0.3) is 0 Å². The first-order valence-electron chi connectivity index (χ1n) is 10.4. The van der Waals surface area contributed by atoms with E-state index >= 15 is 0 Å². The van der Waals surface area contributed by atoms with Gasteiger partial charge in [0.1, 0.15) is 0 Å². The van der Waals surface area contributed by atoms with Crippen LogP contribution in [0.2, 0.25) is 0 Å². The molecule has 4 aliphatic rings. The van der Waals surface area contributed by atoms with Crippen LogP contribution in [0.4, 0.5) is 0 Å². The van der Waals surface area contributed by atoms with Crippen molar-refractivity contribution in [1.29, 1.82) is 0 Å². The highest BCUT2D eigenvalue weighted by molar-refractivity contribution is 5.16. The molecule has 0 heteroatoms. The maximum Gasteiger partial charge on any atom is 0.0259 e. The van der Waals surface area contributed by atoms with Gasteiger partial charge in [0.2, 0.25) is 0 Å². The van der Waals surface area contributed by atoms with Crippen molar-refractivity contribution in [2.24, 2.45) is 46.3 Å². The number of hydrogen-bond acceptors (Lipinski definition) is 0. The Morgan fingerprint density at radius 3 is 2.39 bits per heavy atom. The molecule has 0 heterocycles. The van der Waals surface area contributed by atoms with Crippen molar-refractivity contribution in [2.75, 3.05) is 0 Å². The summed E-state index contributed by atoms with van der Waals surface area (Å²) >= 11 is 0. The van der Waals surface area contributed by atoms with Crippen molar-refractivity contribution in [3.05, 3.63) is 0 Å². The molecule has 128 valence electrons. The molecule has 0 aromatic carbocycles. The highest BCUT2D eigenvalue weighted by atomic mass is 14.6. The van der Waals surface area contributed by atoms with E-state index in [4.69, 9.17) is 0 Å². The average molecular weight is 313 g/mol. The first-order chi connectivity index (χ1) is 11.0. The molecule has 0 N–H and O–H groups in total. The molecule has 4 saturated carbocycles. The van der Waals surface area contributed by atoms with Gasteiger partial charge in [-0.2, -0.15) is 0 Å². The highest BCUT2D eigenvalue weighted by Gasteiger charge is 2.60. The Balaban J connectivity index is 1.66. The molecule has 0 spiro atoms. The highest BCUT2D eigenvalue weighted by Crippen LogP contribution is 2.68. The number of hydrogen-bond donors (Lipinski definition) is 0. The minimum absolute atomic E-state index is 0.530. The van der Waals surface area contributed by atoms with Gasteiger partial charge >= 0.3 is 0 Å². The molecular weight excluding hydrogens is 276 g/mol. The van der Waals surface area contributed by atoms with Crippen molar-refractivity contribution < 1.29 is 0 Å². The molecule has 4 aliphatic carbocycles. The molecule has 1 unspecified atom stereocenters. The summed E-state index contributed by atoms with van der Waals surface area (Å²) in [5.74, 6) is 12.5. The normalized spacial score (nSPS) is 55.1. The monoisotopic (exact) mass is 312 g/mol. The summed E-state index contributed by atoms with van der Waals surface area (Å²) in [6, 6.07) is 0. The van der Waals surface area contributed by atoms with Gasteiger partial charge in [0, 0.05) is 5.92 Å². The van der Waals surface area contributed by atoms with Gasteiger partial charge in [-0.15, -0.1) is 5.92 Å². The molecule has 0 bridgehead atoms. The Kier molecular flexibility index (Phi) is 3.87. The molecule has 8 atom stereocenters. The molecule has 23 heavy (non-hydrogen) atoms. The van der Waals surface area contributed by atoms with E-state index in [9.17, 15) is 0 Å². The van der Waals surface area contributed by atoms with Crippen molar-refractivity contribution in [2.45, 2.75) is 85.5 Å². The Morgan fingerprint density at radius 1 is 0.826 bits per heavy atom. The first-order valence-corrected chi connectivity index (χ1v) is 10.4. The standard InChI is InChI=1S/C23H36/c1-5-8-17-10-11-20-18-15-16(2)19-9-6-7-13-23(19,4)21(18)12-14-22(17,20)3/h16-21H,6-7,9-15H2,1-4H3/t16-,17-,18+,19?,20+,21+,22-,23+/m1/s1. The topological polar surface area (TPSA) is 0 Å². The third-order valence-electron chi connectivity index (χ3n) is 9.26. The summed E-state index contributed by atoms with van der Waals surface area (Å²) in [5, 5.41) is 0. The fraction of sp³-hybridized carbons (Fsp3) is 0.913. The molecule has 4 fully saturated rings. The second kappa shape index (κ2) is 5.54. The second-order valence-electron chi connectivity index (χ2n) is 10.0. The second-order valence-corrected chi connectivity index (χ2v) is 10.0. The minimum Gasteiger partial charge on any atom is -0.106 e. The quantitative estimate of drug-likeness (QED) is 0.460. The molecule has 0 aromatic heterocycles. The molecule has 0 aromatic rings. The zero-order valence-electron chi connectivity index (χ0n) is 15.8. The van der Waals surface area contributed by atoms with Gasteiger partial charge < -0.3 is 0 Å². The van der Waals surface area contributed by atoms with Crippen LogP contribution in [0.1, 0.15) is 85.5 Å². The molecule has 0 nitrogen and oxygen atoms in total. The Bertz CT molecular complexity index is 522. The minimum atomic E-state index is 0.530. The lowest BCUT2D eigenvalue weighted by molar-refractivity contribution is -0.128. The van der Waals surface area contributed by atoms with E-state index in [1.54, 1.807) is 0 Å². The van der Waals surface area contributed by atoms with Crippen molar-refractivity contribution in [1.82, 2.24) is 0 Å². The molecule has 0 saturated heterocycles. The summed E-state index contributed by atoms with van der Waals surface area (Å²) < 4.78 is 0. The van der Waals surface area contributed by atoms with Gasteiger partial charge in [0.15, 0.2) is 0 Å². The van der Waals surface area contributed by atoms with Crippen molar-refractivity contribution in [3.63, 3.8) is 0 Å². The van der Waals surface area contributed by atoms with Gasteiger partial charge in [-0.3, -0.25) is 0 Å². The van der Waals surface area contributed by atoms with Gasteiger partial charge in [-0.05, 0) is 92.3 Å². The van der Waals surface area contributed by atoms with Gasteiger partial charge in [0.05, 0.1) is 0 Å². The van der Waals surface area contributed by atoms with Crippen LogP contribution in [0.3, 0.4) is 0 Å². The van der Waals surface area contributed by atoms with E-state index < -0.39 is 0 Å². The van der Waals surface area contributed by atoms with E-state index in [-0.39, 0.29) is 0 Å². The Morgan fingerprint density at radius 2 is 1.61 bits per heavy atom. The van der Waals surface area contributed by atoms with E-state index in [1.807, 2.05) is 6.92 Å². The zero-order chi connectivity index (χ0) is 16.2. The first kappa shape index (κ1) is 16.1. The van der Waals surface area contributed by atoms with E-state index in [0.717, 1.165) is 29.6 Å². The zero-order valence-corrected chi connectivity index (χ0v) is 15.8. The van der Waals surface area contributed by atoms with E-state index in [0.29, 0.717) is 16.7 Å². The maximum atomic E-state index is 3.61. The van der Waals surface area contributed by atoms with Crippen molar-refractivity contribution in [3.8, 4) is 11.8 Å². The Labute approximate surface area is 144 Å². The van der Waals surface area contributed by atoms with E-state index in [1.165, 1.54) is 57.8 Å². The van der Waals surface area contributed by atoms with Gasteiger partial charge in [-0.25, -0.2) is 0 Å². The van der Waals surface area contributed by atoms with Crippen LogP contribution in [0, 0.1) is 58.2 Å². The van der Waals surface area contributed by atoms with Gasteiger partial charge in [-0.1, -0.05) is 39.5 Å². The van der Waals surface area contributed by atoms with Crippen LogP contribution in [-0.4, -0.2) is 0 Å². The van der Waals surface area contributed by atoms with Gasteiger partial charge in [0.25, 0.3) is 0 Å². The Hall–Kier alpha value is -0.440. The van der Waals surface area contributed by atoms with Crippen LogP contribution in [0.5, 0.6) is 0 Å². The fourth-order valence-corrected chi connectivity index (χ4v) is 8.22. The largest absolute Gasteiger partial charge is 0.106 e. The summed E-state index contributed by atoms with van der Waals surface area (Å²) in [6.45, 7) is 9.94. The third-order valence-corrected chi connectivity index (χ3v) is 9.26. The smallest absolute Gasteiger partial charge is 0.0259 e. The average Bonchev–Trinajstić information content (AvgIpc) is 2.85. The molecule has 0 amide bonds. The number of rotatable bonds is 0. The van der Waals surface area contributed by atoms with Crippen LogP contribution >= 0.6 is 0 Å². The molecule has 4 rings (SSSR count). The lowest BCUT2D eigenvalue weighted by Crippen LogP contribution is -2.54. The summed E-state index contributed by atoms with van der Waals surface area (Å²) in [6.07, 6.45) is 13.3. The summed E-state index contributed by atoms with van der Waals surface area (Å²) in [4.78, 5) is 0. The van der Waals surface area contributed by atoms with Crippen LogP contribution < -0.4 is 0 Å². The molecule has 0 aliphatic heterocycles. The molecule has 0 radical (unpaired) electrons. The van der Waals surface area contributed by atoms with E-state index in [2.05, 4.69) is 32.6 Å². The third kappa shape index (κ3) is 2.18. The lowest BCUT2D eigenvalue weighted by Gasteiger charge is -2.62. The SMILES string of the molecule is CC#C[C@@H]1CC[C@H]2[C@@H]3C[C@@H](C)C4CCCC[C@]4(C)[C@H]3CC[C@]12C. The van der Waals surface area contributed by atoms with Crippen LogP contribution in [-0.2, 0) is 0 Å². The van der Waals surface area contributed by atoms with Crippen molar-refractivity contribution >= 4 is 0 Å². The van der Waals surface area contributed by atoms with Crippen LogP contribution in [0.15, 0.2) is 0 Å². The summed E-state index contributed by atoms with van der Waals surface area (Å²) in [5.41, 5.74) is 1.19.